The van der Waals surface area contributed by atoms with Crippen LogP contribution in [0.1, 0.15) is 0 Å². The van der Waals surface area contributed by atoms with Gasteiger partial charge in [0.1, 0.15) is 5.82 Å². The smallest absolute Gasteiger partial charge is 0.174 e. The van der Waals surface area contributed by atoms with E-state index in [1.807, 2.05) is 42.5 Å². The zero-order valence-electron chi connectivity index (χ0n) is 26.5. The first-order valence-corrected chi connectivity index (χ1v) is 18.3. The topological polar surface area (TPSA) is 34.9 Å². The van der Waals surface area contributed by atoms with Gasteiger partial charge < -0.3 is 4.57 Å². The van der Waals surface area contributed by atoms with Crippen molar-refractivity contribution in [3.8, 4) is 39.3 Å². The molecule has 230 valence electrons. The van der Waals surface area contributed by atoms with Crippen LogP contribution in [0.4, 0.5) is 0 Å². The van der Waals surface area contributed by atoms with Crippen molar-refractivity contribution in [3.05, 3.63) is 176 Å². The highest BCUT2D eigenvalue weighted by Gasteiger charge is 2.43. The van der Waals surface area contributed by atoms with Crippen molar-refractivity contribution in [2.75, 3.05) is 0 Å². The summed E-state index contributed by atoms with van der Waals surface area (Å²) < 4.78 is 18.6. The molecule has 0 bridgehead atoms. The van der Waals surface area contributed by atoms with Crippen molar-refractivity contribution in [1.29, 1.82) is 0 Å². The molecule has 1 aliphatic heterocycles. The second-order valence-electron chi connectivity index (χ2n) is 12.7. The molecule has 1 unspecified atom stereocenters. The summed E-state index contributed by atoms with van der Waals surface area (Å²) in [5.41, 5.74) is 8.18. The number of rotatable bonds is 4. The summed E-state index contributed by atoms with van der Waals surface area (Å²) in [5.74, 6) is 0.792. The fourth-order valence-corrected chi connectivity index (χ4v) is 11.1. The van der Waals surface area contributed by atoms with Crippen LogP contribution in [0.3, 0.4) is 0 Å². The van der Waals surface area contributed by atoms with Gasteiger partial charge in [0.25, 0.3) is 0 Å². The van der Waals surface area contributed by atoms with E-state index in [0.29, 0.717) is 0 Å². The lowest BCUT2D eigenvalue weighted by atomic mass is 9.97. The molecule has 1 aliphatic rings. The van der Waals surface area contributed by atoms with Gasteiger partial charge in [0.2, 0.25) is 0 Å². The molecule has 2 aromatic heterocycles. The van der Waals surface area contributed by atoms with Gasteiger partial charge in [-0.25, -0.2) is 4.98 Å². The van der Waals surface area contributed by atoms with Crippen molar-refractivity contribution >= 4 is 55.6 Å². The van der Waals surface area contributed by atoms with Gasteiger partial charge in [-0.15, -0.1) is 0 Å². The first-order chi connectivity index (χ1) is 24.2. The van der Waals surface area contributed by atoms with Crippen LogP contribution < -0.4 is 15.9 Å². The summed E-state index contributed by atoms with van der Waals surface area (Å²) in [5, 5.41) is 7.04. The Morgan fingerprint density at radius 2 is 1.16 bits per heavy atom. The Bertz CT molecular complexity index is 2730. The number of hydrogen-bond donors (Lipinski definition) is 0. The van der Waals surface area contributed by atoms with Crippen LogP contribution >= 0.6 is 7.14 Å². The van der Waals surface area contributed by atoms with Crippen LogP contribution in [0.25, 0.3) is 71.9 Å². The summed E-state index contributed by atoms with van der Waals surface area (Å²) in [6.07, 6.45) is 0. The Kier molecular flexibility index (Phi) is 6.15. The molecule has 3 nitrogen and oxygen atoms in total. The van der Waals surface area contributed by atoms with Crippen LogP contribution in [-0.2, 0) is 4.57 Å². The highest BCUT2D eigenvalue weighted by atomic mass is 31.2. The van der Waals surface area contributed by atoms with E-state index in [9.17, 15) is 0 Å². The molecule has 49 heavy (non-hydrogen) atoms. The van der Waals surface area contributed by atoms with E-state index in [4.69, 9.17) is 4.98 Å². The molecule has 0 spiro atoms. The molecule has 0 amide bonds. The Morgan fingerprint density at radius 3 is 1.94 bits per heavy atom. The van der Waals surface area contributed by atoms with Gasteiger partial charge in [-0.3, -0.25) is 4.57 Å². The van der Waals surface area contributed by atoms with Gasteiger partial charge in [-0.05, 0) is 51.7 Å². The zero-order chi connectivity index (χ0) is 32.5. The van der Waals surface area contributed by atoms with Crippen molar-refractivity contribution in [1.82, 2.24) is 9.55 Å². The van der Waals surface area contributed by atoms with E-state index in [0.717, 1.165) is 87.8 Å². The molecule has 10 rings (SSSR count). The maximum Gasteiger partial charge on any atom is 0.174 e. The number of aromatic nitrogens is 2. The molecule has 0 aliphatic carbocycles. The van der Waals surface area contributed by atoms with Crippen molar-refractivity contribution in [2.45, 2.75) is 0 Å². The average molecular weight is 645 g/mol. The van der Waals surface area contributed by atoms with Crippen LogP contribution in [0.2, 0.25) is 0 Å². The summed E-state index contributed by atoms with van der Waals surface area (Å²) in [6.45, 7) is 0. The molecule has 9 aromatic rings. The highest BCUT2D eigenvalue weighted by molar-refractivity contribution is 7.86. The lowest BCUT2D eigenvalue weighted by molar-refractivity contribution is 0.593. The van der Waals surface area contributed by atoms with E-state index < -0.39 is 7.14 Å². The first-order valence-electron chi connectivity index (χ1n) is 16.6. The predicted molar refractivity (Wildman–Crippen MR) is 205 cm³/mol. The van der Waals surface area contributed by atoms with Crippen LogP contribution in [-0.4, -0.2) is 9.55 Å². The largest absolute Gasteiger partial charge is 0.309 e. The molecule has 3 heterocycles. The molecule has 0 radical (unpaired) electrons. The Labute approximate surface area is 284 Å². The lowest BCUT2D eigenvalue weighted by Gasteiger charge is -2.19. The molecule has 0 N–H and O–H groups in total. The number of fused-ring (bicyclic) bond motifs is 9. The summed E-state index contributed by atoms with van der Waals surface area (Å²) in [7, 11) is -3.34. The summed E-state index contributed by atoms with van der Waals surface area (Å²) in [6, 6.07) is 60.8. The Hall–Kier alpha value is -6.02. The SMILES string of the molecule is O=P1(c2ccccc2)c2ccc3ccccc3c2-c2ccc3c4ccccc4n(-c4cc(-c5ccccc5)cc(-c5ccccc5)n4)c3c21. The van der Waals surface area contributed by atoms with Gasteiger partial charge >= 0.3 is 0 Å². The van der Waals surface area contributed by atoms with Crippen molar-refractivity contribution in [3.63, 3.8) is 0 Å². The fourth-order valence-electron chi connectivity index (χ4n) is 7.82. The van der Waals surface area contributed by atoms with Crippen molar-refractivity contribution < 1.29 is 4.57 Å². The zero-order valence-corrected chi connectivity index (χ0v) is 27.4. The van der Waals surface area contributed by atoms with Crippen LogP contribution in [0.15, 0.2) is 176 Å². The third-order valence-electron chi connectivity index (χ3n) is 9.98. The molecule has 0 saturated heterocycles. The predicted octanol–water partition coefficient (Wildman–Crippen LogP) is 10.3. The maximum atomic E-state index is 16.3. The van der Waals surface area contributed by atoms with Gasteiger partial charge in [-0.1, -0.05) is 152 Å². The number of pyridine rings is 1. The van der Waals surface area contributed by atoms with Gasteiger partial charge in [0, 0.05) is 32.5 Å². The molecular formula is C45H29N2OP. The molecule has 0 saturated carbocycles. The second kappa shape index (κ2) is 10.8. The molecule has 7 aromatic carbocycles. The molecule has 4 heteroatoms. The van der Waals surface area contributed by atoms with E-state index in [2.05, 4.69) is 138 Å². The third kappa shape index (κ3) is 4.10. The van der Waals surface area contributed by atoms with E-state index in [1.165, 1.54) is 0 Å². The summed E-state index contributed by atoms with van der Waals surface area (Å²) in [4.78, 5) is 5.39. The molecule has 1 atom stereocenters. The van der Waals surface area contributed by atoms with E-state index in [-0.39, 0.29) is 0 Å². The lowest BCUT2D eigenvalue weighted by Crippen LogP contribution is -2.22. The number of para-hydroxylation sites is 1. The average Bonchev–Trinajstić information content (AvgIpc) is 3.66. The number of benzene rings is 7. The minimum atomic E-state index is -3.34. The Morgan fingerprint density at radius 1 is 0.510 bits per heavy atom. The first kappa shape index (κ1) is 28.0. The molecule has 0 fully saturated rings. The third-order valence-corrected chi connectivity index (χ3v) is 13.1. The maximum absolute atomic E-state index is 16.3. The second-order valence-corrected chi connectivity index (χ2v) is 15.3. The fraction of sp³-hybridized carbons (Fsp3) is 0. The van der Waals surface area contributed by atoms with Crippen LogP contribution in [0, 0.1) is 0 Å². The minimum Gasteiger partial charge on any atom is -0.309 e. The van der Waals surface area contributed by atoms with E-state index in [1.54, 1.807) is 0 Å². The minimum absolute atomic E-state index is 0.792. The number of nitrogens with zero attached hydrogens (tertiary/aromatic N) is 2. The molecular weight excluding hydrogens is 615 g/mol. The quantitative estimate of drug-likeness (QED) is 0.179. The van der Waals surface area contributed by atoms with Gasteiger partial charge in [0.05, 0.1) is 22.0 Å². The van der Waals surface area contributed by atoms with Crippen LogP contribution in [0.5, 0.6) is 0 Å². The standard InChI is InChI=1S/C45H29N2OP/c48-49(34-19-8-3-9-20-34)41-27-24-31-16-10-11-21-35(31)43(41)38-26-25-37-36-22-12-13-23-40(36)47(44(37)45(38)49)42-29-33(30-14-4-1-5-15-30)28-39(46-42)32-17-6-2-7-18-32/h1-29H. The van der Waals surface area contributed by atoms with Gasteiger partial charge in [-0.2, -0.15) is 0 Å². The highest BCUT2D eigenvalue weighted by Crippen LogP contribution is 2.56. The van der Waals surface area contributed by atoms with E-state index >= 15 is 4.57 Å². The Balaban J connectivity index is 1.38. The van der Waals surface area contributed by atoms with Gasteiger partial charge in [0.15, 0.2) is 7.14 Å². The summed E-state index contributed by atoms with van der Waals surface area (Å²) >= 11 is 0. The number of hydrogen-bond acceptors (Lipinski definition) is 2. The monoisotopic (exact) mass is 644 g/mol. The normalized spacial score (nSPS) is 15.1. The van der Waals surface area contributed by atoms with Crippen molar-refractivity contribution in [2.24, 2.45) is 0 Å².